The van der Waals surface area contributed by atoms with E-state index in [4.69, 9.17) is 9.26 Å². The molecule has 2 aromatic rings. The Balaban J connectivity index is 1.90. The Hall–Kier alpha value is -2.83. The smallest absolute Gasteiger partial charge is 0.293 e. The van der Waals surface area contributed by atoms with E-state index < -0.39 is 0 Å². The summed E-state index contributed by atoms with van der Waals surface area (Å²) in [5.74, 6) is 0.715. The Bertz CT molecular complexity index is 712. The first-order valence-corrected chi connectivity index (χ1v) is 7.71. The lowest BCUT2D eigenvalue weighted by Crippen LogP contribution is -2.51. The topological polar surface area (TPSA) is 75.9 Å². The maximum absolute atomic E-state index is 12.7. The van der Waals surface area contributed by atoms with Crippen LogP contribution in [0.15, 0.2) is 41.1 Å². The number of hydrogen-bond acceptors (Lipinski definition) is 5. The Morgan fingerprint density at radius 1 is 1.21 bits per heavy atom. The van der Waals surface area contributed by atoms with Crippen molar-refractivity contribution in [3.63, 3.8) is 0 Å². The average molecular weight is 329 g/mol. The lowest BCUT2D eigenvalue weighted by molar-refractivity contribution is -0.131. The number of nitrogens with zero attached hydrogens (tertiary/aromatic N) is 3. The van der Waals surface area contributed by atoms with Crippen LogP contribution in [-0.4, -0.2) is 53.5 Å². The fraction of sp³-hybridized carbons (Fsp3) is 0.353. The van der Waals surface area contributed by atoms with E-state index in [2.05, 4.69) is 5.16 Å². The highest BCUT2D eigenvalue weighted by molar-refractivity contribution is 5.91. The van der Waals surface area contributed by atoms with Crippen LogP contribution in [0.25, 0.3) is 0 Å². The van der Waals surface area contributed by atoms with Crippen molar-refractivity contribution in [3.05, 3.63) is 47.9 Å². The van der Waals surface area contributed by atoms with Crippen LogP contribution in [0, 0.1) is 0 Å². The number of piperazine rings is 1. The van der Waals surface area contributed by atoms with E-state index in [9.17, 15) is 9.59 Å². The molecule has 1 aliphatic heterocycles. The maximum Gasteiger partial charge on any atom is 0.293 e. The second-order valence-corrected chi connectivity index (χ2v) is 5.63. The van der Waals surface area contributed by atoms with E-state index in [0.29, 0.717) is 19.6 Å². The lowest BCUT2D eigenvalue weighted by Gasteiger charge is -2.41. The fourth-order valence-corrected chi connectivity index (χ4v) is 2.89. The third kappa shape index (κ3) is 3.10. The second kappa shape index (κ2) is 6.74. The van der Waals surface area contributed by atoms with Gasteiger partial charge < -0.3 is 19.1 Å². The van der Waals surface area contributed by atoms with Crippen molar-refractivity contribution in [1.29, 1.82) is 0 Å². The van der Waals surface area contributed by atoms with E-state index in [1.54, 1.807) is 29.9 Å². The molecule has 3 rings (SSSR count). The van der Waals surface area contributed by atoms with Gasteiger partial charge in [0, 0.05) is 32.6 Å². The standard InChI is InChI=1S/C17H19N3O4/c1-12(21)19-9-10-20(17(22)16-7-8-18-24-16)15(11-19)13-3-5-14(23-2)6-4-13/h3-8,15H,9-11H2,1-2H3/t15-/m0/s1. The summed E-state index contributed by atoms with van der Waals surface area (Å²) in [6.07, 6.45) is 1.45. The summed E-state index contributed by atoms with van der Waals surface area (Å²) in [6, 6.07) is 8.82. The van der Waals surface area contributed by atoms with Gasteiger partial charge in [-0.1, -0.05) is 17.3 Å². The molecule has 0 spiro atoms. The molecule has 0 N–H and O–H groups in total. The molecule has 0 bridgehead atoms. The van der Waals surface area contributed by atoms with Crippen molar-refractivity contribution in [2.75, 3.05) is 26.7 Å². The van der Waals surface area contributed by atoms with E-state index in [1.807, 2.05) is 24.3 Å². The van der Waals surface area contributed by atoms with Gasteiger partial charge in [-0.25, -0.2) is 0 Å². The van der Waals surface area contributed by atoms with Crippen molar-refractivity contribution >= 4 is 11.8 Å². The fourth-order valence-electron chi connectivity index (χ4n) is 2.89. The van der Waals surface area contributed by atoms with Crippen LogP contribution >= 0.6 is 0 Å². The van der Waals surface area contributed by atoms with Gasteiger partial charge in [0.2, 0.25) is 11.7 Å². The van der Waals surface area contributed by atoms with Crippen molar-refractivity contribution in [2.24, 2.45) is 0 Å². The lowest BCUT2D eigenvalue weighted by atomic mass is 10.0. The Morgan fingerprint density at radius 2 is 1.96 bits per heavy atom. The van der Waals surface area contributed by atoms with Gasteiger partial charge in [-0.3, -0.25) is 9.59 Å². The highest BCUT2D eigenvalue weighted by atomic mass is 16.5. The van der Waals surface area contributed by atoms with E-state index in [-0.39, 0.29) is 23.6 Å². The van der Waals surface area contributed by atoms with Crippen LogP contribution in [0.3, 0.4) is 0 Å². The molecule has 7 nitrogen and oxygen atoms in total. The first-order valence-electron chi connectivity index (χ1n) is 7.71. The van der Waals surface area contributed by atoms with Crippen LogP contribution < -0.4 is 4.74 Å². The van der Waals surface area contributed by atoms with E-state index in [1.165, 1.54) is 6.20 Å². The number of carbonyl (C=O) groups excluding carboxylic acids is 2. The molecule has 24 heavy (non-hydrogen) atoms. The molecule has 1 aromatic heterocycles. The molecule has 1 saturated heterocycles. The summed E-state index contributed by atoms with van der Waals surface area (Å²) in [5.41, 5.74) is 0.939. The Kier molecular flexibility index (Phi) is 4.50. The van der Waals surface area contributed by atoms with Gasteiger partial charge in [-0.2, -0.15) is 0 Å². The Morgan fingerprint density at radius 3 is 2.54 bits per heavy atom. The van der Waals surface area contributed by atoms with Gasteiger partial charge in [0.05, 0.1) is 19.3 Å². The highest BCUT2D eigenvalue weighted by Crippen LogP contribution is 2.28. The highest BCUT2D eigenvalue weighted by Gasteiger charge is 2.34. The molecule has 0 radical (unpaired) electrons. The van der Waals surface area contributed by atoms with Gasteiger partial charge in [-0.05, 0) is 17.7 Å². The van der Waals surface area contributed by atoms with Crippen LogP contribution in [0.1, 0.15) is 29.1 Å². The number of ether oxygens (including phenoxy) is 1. The Labute approximate surface area is 139 Å². The summed E-state index contributed by atoms with van der Waals surface area (Å²) >= 11 is 0. The van der Waals surface area contributed by atoms with Gasteiger partial charge in [0.25, 0.3) is 5.91 Å². The molecule has 1 fully saturated rings. The molecule has 2 heterocycles. The number of hydrogen-bond donors (Lipinski definition) is 0. The minimum atomic E-state index is -0.244. The van der Waals surface area contributed by atoms with E-state index >= 15 is 0 Å². The first kappa shape index (κ1) is 16.0. The minimum Gasteiger partial charge on any atom is -0.497 e. The quantitative estimate of drug-likeness (QED) is 0.857. The zero-order valence-corrected chi connectivity index (χ0v) is 13.6. The monoisotopic (exact) mass is 329 g/mol. The van der Waals surface area contributed by atoms with Gasteiger partial charge in [0.1, 0.15) is 5.75 Å². The van der Waals surface area contributed by atoms with Crippen LogP contribution in [0.5, 0.6) is 5.75 Å². The molecule has 0 saturated carbocycles. The summed E-state index contributed by atoms with van der Waals surface area (Å²) in [7, 11) is 1.60. The molecule has 1 atom stereocenters. The second-order valence-electron chi connectivity index (χ2n) is 5.63. The number of carbonyl (C=O) groups is 2. The predicted molar refractivity (Wildman–Crippen MR) is 85.5 cm³/mol. The number of benzene rings is 1. The van der Waals surface area contributed by atoms with Gasteiger partial charge in [0.15, 0.2) is 0 Å². The SMILES string of the molecule is COc1ccc([C@@H]2CN(C(C)=O)CCN2C(=O)c2ccno2)cc1. The number of rotatable bonds is 3. The molecular weight excluding hydrogens is 310 g/mol. The summed E-state index contributed by atoms with van der Waals surface area (Å²) in [6.45, 7) is 2.93. The molecule has 7 heteroatoms. The van der Waals surface area contributed by atoms with E-state index in [0.717, 1.165) is 11.3 Å². The number of amides is 2. The molecule has 126 valence electrons. The van der Waals surface area contributed by atoms with Gasteiger partial charge in [-0.15, -0.1) is 0 Å². The largest absolute Gasteiger partial charge is 0.497 e. The maximum atomic E-state index is 12.7. The number of aromatic nitrogens is 1. The molecule has 1 aromatic carbocycles. The molecule has 0 unspecified atom stereocenters. The molecule has 0 aliphatic carbocycles. The van der Waals surface area contributed by atoms with Crippen molar-refractivity contribution in [1.82, 2.24) is 15.0 Å². The predicted octanol–water partition coefficient (Wildman–Crippen LogP) is 1.73. The first-order chi connectivity index (χ1) is 11.6. The van der Waals surface area contributed by atoms with Crippen LogP contribution in [0.4, 0.5) is 0 Å². The molecule has 1 aliphatic rings. The summed E-state index contributed by atoms with van der Waals surface area (Å²) < 4.78 is 10.2. The third-order valence-corrected chi connectivity index (χ3v) is 4.24. The summed E-state index contributed by atoms with van der Waals surface area (Å²) in [5, 5.41) is 3.60. The van der Waals surface area contributed by atoms with Crippen LogP contribution in [-0.2, 0) is 4.79 Å². The zero-order chi connectivity index (χ0) is 17.1. The normalized spacial score (nSPS) is 17.7. The minimum absolute atomic E-state index is 0.000255. The zero-order valence-electron chi connectivity index (χ0n) is 13.6. The molecular formula is C17H19N3O4. The number of methoxy groups -OCH3 is 1. The van der Waals surface area contributed by atoms with Crippen LogP contribution in [0.2, 0.25) is 0 Å². The summed E-state index contributed by atoms with van der Waals surface area (Å²) in [4.78, 5) is 27.9. The third-order valence-electron chi connectivity index (χ3n) is 4.24. The van der Waals surface area contributed by atoms with Crippen molar-refractivity contribution < 1.29 is 18.8 Å². The van der Waals surface area contributed by atoms with Gasteiger partial charge >= 0.3 is 0 Å². The van der Waals surface area contributed by atoms with Crippen molar-refractivity contribution in [3.8, 4) is 5.75 Å². The van der Waals surface area contributed by atoms with Crippen molar-refractivity contribution in [2.45, 2.75) is 13.0 Å². The molecule has 2 amide bonds. The average Bonchev–Trinajstić information content (AvgIpc) is 3.15.